The SMILES string of the molecule is CC1CCC([C@H](NC(=O)c2ccnn2C)C(=O)Nc2cn([C@@H](C)c3cc(Cl)n[nH]c3=O)nc2F)CC1. The van der Waals surface area contributed by atoms with Gasteiger partial charge in [0.1, 0.15) is 22.6 Å². The molecule has 3 aromatic rings. The van der Waals surface area contributed by atoms with Crippen molar-refractivity contribution < 1.29 is 14.0 Å². The van der Waals surface area contributed by atoms with Crippen molar-refractivity contribution in [2.75, 3.05) is 5.32 Å². The Morgan fingerprint density at radius 3 is 2.67 bits per heavy atom. The second-order valence-corrected chi connectivity index (χ2v) is 9.65. The average Bonchev–Trinajstić information content (AvgIpc) is 3.44. The minimum absolute atomic E-state index is 0.0754. The summed E-state index contributed by atoms with van der Waals surface area (Å²) >= 11 is 5.88. The number of carbonyl (C=O) groups is 2. The van der Waals surface area contributed by atoms with E-state index in [4.69, 9.17) is 11.6 Å². The quantitative estimate of drug-likeness (QED) is 0.439. The molecule has 0 saturated heterocycles. The molecule has 1 aliphatic rings. The van der Waals surface area contributed by atoms with Crippen molar-refractivity contribution in [1.82, 2.24) is 35.1 Å². The van der Waals surface area contributed by atoms with Gasteiger partial charge < -0.3 is 10.6 Å². The fourth-order valence-corrected chi connectivity index (χ4v) is 4.70. The molecular weight excluding hydrogens is 491 g/mol. The Kier molecular flexibility index (Phi) is 7.53. The van der Waals surface area contributed by atoms with Crippen LogP contribution in [-0.2, 0) is 11.8 Å². The molecule has 2 atom stereocenters. The zero-order valence-corrected chi connectivity index (χ0v) is 20.9. The first-order valence-corrected chi connectivity index (χ1v) is 12.1. The molecule has 0 unspecified atom stereocenters. The van der Waals surface area contributed by atoms with E-state index in [1.807, 2.05) is 0 Å². The van der Waals surface area contributed by atoms with Gasteiger partial charge in [0.15, 0.2) is 0 Å². The number of aromatic nitrogens is 6. The van der Waals surface area contributed by atoms with Crippen LogP contribution in [0.15, 0.2) is 29.3 Å². The number of anilines is 1. The number of nitrogens with one attached hydrogen (secondary N) is 3. The molecule has 4 rings (SSSR count). The molecule has 2 amide bonds. The van der Waals surface area contributed by atoms with Crippen LogP contribution >= 0.6 is 11.6 Å². The number of hydrogen-bond acceptors (Lipinski definition) is 6. The number of carbonyl (C=O) groups excluding carboxylic acids is 2. The fourth-order valence-electron chi connectivity index (χ4n) is 4.54. The lowest BCUT2D eigenvalue weighted by Crippen LogP contribution is -2.49. The number of rotatable bonds is 7. The van der Waals surface area contributed by atoms with E-state index in [9.17, 15) is 18.8 Å². The minimum Gasteiger partial charge on any atom is -0.339 e. The normalized spacial score (nSPS) is 19.5. The van der Waals surface area contributed by atoms with E-state index in [1.54, 1.807) is 20.0 Å². The van der Waals surface area contributed by atoms with Crippen molar-refractivity contribution in [2.45, 2.75) is 51.6 Å². The number of aryl methyl sites for hydroxylation is 1. The summed E-state index contributed by atoms with van der Waals surface area (Å²) in [5.74, 6) is -1.46. The Hall–Kier alpha value is -3.54. The lowest BCUT2D eigenvalue weighted by molar-refractivity contribution is -0.119. The predicted octanol–water partition coefficient (Wildman–Crippen LogP) is 2.67. The van der Waals surface area contributed by atoms with Crippen LogP contribution in [0.4, 0.5) is 10.1 Å². The molecule has 0 aliphatic heterocycles. The highest BCUT2D eigenvalue weighted by Gasteiger charge is 2.34. The van der Waals surface area contributed by atoms with Crippen molar-refractivity contribution in [2.24, 2.45) is 18.9 Å². The summed E-state index contributed by atoms with van der Waals surface area (Å²) in [7, 11) is 1.64. The lowest BCUT2D eigenvalue weighted by Gasteiger charge is -2.32. The van der Waals surface area contributed by atoms with E-state index in [0.29, 0.717) is 11.6 Å². The topological polar surface area (TPSA) is 140 Å². The van der Waals surface area contributed by atoms with Gasteiger partial charge in [-0.05, 0) is 43.7 Å². The van der Waals surface area contributed by atoms with Crippen LogP contribution in [0.1, 0.15) is 61.6 Å². The summed E-state index contributed by atoms with van der Waals surface area (Å²) in [6, 6.07) is 1.37. The van der Waals surface area contributed by atoms with Crippen molar-refractivity contribution >= 4 is 29.1 Å². The third-order valence-corrected chi connectivity index (χ3v) is 6.94. The van der Waals surface area contributed by atoms with Crippen molar-refractivity contribution in [1.29, 1.82) is 0 Å². The molecule has 0 bridgehead atoms. The minimum atomic E-state index is -0.916. The van der Waals surface area contributed by atoms with E-state index in [-0.39, 0.29) is 22.3 Å². The van der Waals surface area contributed by atoms with Crippen LogP contribution in [-0.4, -0.2) is 47.6 Å². The largest absolute Gasteiger partial charge is 0.339 e. The maximum absolute atomic E-state index is 14.8. The van der Waals surface area contributed by atoms with E-state index >= 15 is 0 Å². The summed E-state index contributed by atoms with van der Waals surface area (Å²) in [4.78, 5) is 38.4. The van der Waals surface area contributed by atoms with Gasteiger partial charge in [-0.15, -0.1) is 5.10 Å². The first-order valence-electron chi connectivity index (χ1n) is 11.7. The van der Waals surface area contributed by atoms with Crippen molar-refractivity contribution in [3.8, 4) is 0 Å². The zero-order valence-electron chi connectivity index (χ0n) is 20.2. The molecule has 1 saturated carbocycles. The fraction of sp³-hybridized carbons (Fsp3) is 0.478. The Balaban J connectivity index is 1.55. The maximum Gasteiger partial charge on any atom is 0.270 e. The van der Waals surface area contributed by atoms with Crippen LogP contribution in [0.25, 0.3) is 0 Å². The lowest BCUT2D eigenvalue weighted by atomic mass is 9.79. The summed E-state index contributed by atoms with van der Waals surface area (Å²) in [6.07, 6.45) is 6.18. The summed E-state index contributed by atoms with van der Waals surface area (Å²) < 4.78 is 17.4. The highest BCUT2D eigenvalue weighted by atomic mass is 35.5. The maximum atomic E-state index is 14.8. The van der Waals surface area contributed by atoms with Crippen molar-refractivity contribution in [3.63, 3.8) is 0 Å². The van der Waals surface area contributed by atoms with E-state index in [1.165, 1.54) is 27.8 Å². The van der Waals surface area contributed by atoms with Crippen LogP contribution in [0.5, 0.6) is 0 Å². The number of nitrogens with zero attached hydrogens (tertiary/aromatic N) is 5. The van der Waals surface area contributed by atoms with Gasteiger partial charge in [0.25, 0.3) is 17.4 Å². The number of amides is 2. The number of halogens is 2. The predicted molar refractivity (Wildman–Crippen MR) is 130 cm³/mol. The first kappa shape index (κ1) is 25.5. The summed E-state index contributed by atoms with van der Waals surface area (Å²) in [5, 5.41) is 19.2. The Morgan fingerprint density at radius 2 is 2.00 bits per heavy atom. The Bertz CT molecular complexity index is 1310. The standard InChI is InChI=1S/C23H28ClFN8O3/c1-12-4-6-14(7-5-12)19(28-22(35)17-8-9-26-32(17)3)23(36)27-16-11-33(31-20(16)25)13(2)15-10-18(24)29-30-21(15)34/h8-14,19H,4-7H2,1-3H3,(H,27,36)(H,28,35)(H,30,34)/t12?,13-,14?,19-/m0/s1. The molecule has 1 fully saturated rings. The molecule has 1 aliphatic carbocycles. The highest BCUT2D eigenvalue weighted by molar-refractivity contribution is 6.29. The van der Waals surface area contributed by atoms with Gasteiger partial charge in [0, 0.05) is 18.8 Å². The monoisotopic (exact) mass is 518 g/mol. The van der Waals surface area contributed by atoms with Gasteiger partial charge in [-0.1, -0.05) is 31.4 Å². The van der Waals surface area contributed by atoms with Crippen LogP contribution in [0, 0.1) is 17.8 Å². The second-order valence-electron chi connectivity index (χ2n) is 9.27. The molecular formula is C23H28ClFN8O3. The second kappa shape index (κ2) is 10.6. The molecule has 3 N–H and O–H groups in total. The van der Waals surface area contributed by atoms with Gasteiger partial charge in [0.2, 0.25) is 5.91 Å². The van der Waals surface area contributed by atoms with E-state index in [0.717, 1.165) is 25.7 Å². The van der Waals surface area contributed by atoms with Gasteiger partial charge in [-0.25, -0.2) is 5.10 Å². The van der Waals surface area contributed by atoms with Gasteiger partial charge in [0.05, 0.1) is 12.2 Å². The van der Waals surface area contributed by atoms with Crippen LogP contribution < -0.4 is 16.2 Å². The summed E-state index contributed by atoms with van der Waals surface area (Å²) in [6.45, 7) is 3.80. The third-order valence-electron chi connectivity index (χ3n) is 6.75. The van der Waals surface area contributed by atoms with E-state index in [2.05, 4.69) is 38.0 Å². The van der Waals surface area contributed by atoms with Gasteiger partial charge in [-0.3, -0.25) is 23.7 Å². The van der Waals surface area contributed by atoms with Crippen molar-refractivity contribution in [3.05, 3.63) is 57.2 Å². The number of aromatic amines is 1. The Labute approximate surface area is 211 Å². The molecule has 192 valence electrons. The van der Waals surface area contributed by atoms with Gasteiger partial charge >= 0.3 is 0 Å². The summed E-state index contributed by atoms with van der Waals surface area (Å²) in [5.41, 5.74) is -0.107. The molecule has 3 heterocycles. The molecule has 0 spiro atoms. The highest BCUT2D eigenvalue weighted by Crippen LogP contribution is 2.31. The van der Waals surface area contributed by atoms with E-state index < -0.39 is 35.4 Å². The Morgan fingerprint density at radius 1 is 1.28 bits per heavy atom. The van der Waals surface area contributed by atoms with Crippen LogP contribution in [0.3, 0.4) is 0 Å². The molecule has 13 heteroatoms. The number of H-pyrrole nitrogens is 1. The average molecular weight is 519 g/mol. The smallest absolute Gasteiger partial charge is 0.270 e. The molecule has 11 nitrogen and oxygen atoms in total. The number of hydrogen-bond donors (Lipinski definition) is 3. The molecule has 0 radical (unpaired) electrons. The first-order chi connectivity index (χ1) is 17.1. The zero-order chi connectivity index (χ0) is 26.0. The molecule has 3 aromatic heterocycles. The van der Waals surface area contributed by atoms with Gasteiger partial charge in [-0.2, -0.15) is 14.6 Å². The molecule has 0 aromatic carbocycles. The third kappa shape index (κ3) is 5.48. The molecule has 36 heavy (non-hydrogen) atoms. The van der Waals surface area contributed by atoms with Crippen LogP contribution in [0.2, 0.25) is 5.15 Å².